The monoisotopic (exact) mass is 275 g/mol. The zero-order valence-electron chi connectivity index (χ0n) is 9.50. The van der Waals surface area contributed by atoms with Crippen LogP contribution in [-0.4, -0.2) is 42.0 Å². The van der Waals surface area contributed by atoms with Gasteiger partial charge in [0, 0.05) is 25.5 Å². The Kier molecular flexibility index (Phi) is 3.65. The van der Waals surface area contributed by atoms with Gasteiger partial charge in [0.2, 0.25) is 10.0 Å². The van der Waals surface area contributed by atoms with Gasteiger partial charge in [0.1, 0.15) is 5.15 Å². The van der Waals surface area contributed by atoms with Crippen molar-refractivity contribution in [2.75, 3.05) is 19.3 Å². The fourth-order valence-corrected chi connectivity index (χ4v) is 3.13. The molecular weight excluding hydrogens is 262 g/mol. The lowest BCUT2D eigenvalue weighted by Gasteiger charge is -2.13. The molecule has 1 fully saturated rings. The third-order valence-corrected chi connectivity index (χ3v) is 4.51. The number of rotatable bonds is 3. The van der Waals surface area contributed by atoms with Crippen LogP contribution in [0.3, 0.4) is 0 Å². The number of hydrogen-bond acceptors (Lipinski definition) is 4. The van der Waals surface area contributed by atoms with Gasteiger partial charge in [-0.1, -0.05) is 11.6 Å². The maximum atomic E-state index is 11.4. The Morgan fingerprint density at radius 2 is 2.18 bits per heavy atom. The second-order valence-corrected chi connectivity index (χ2v) is 6.61. The summed E-state index contributed by atoms with van der Waals surface area (Å²) < 4.78 is 24.2. The van der Waals surface area contributed by atoms with Crippen LogP contribution in [0.1, 0.15) is 12.1 Å². The molecule has 1 saturated heterocycles. The Hall–Kier alpha value is -0.720. The van der Waals surface area contributed by atoms with Crippen LogP contribution in [0.2, 0.25) is 5.15 Å². The summed E-state index contributed by atoms with van der Waals surface area (Å²) in [4.78, 5) is 8.13. The number of hydrogen-bond donors (Lipinski definition) is 0. The van der Waals surface area contributed by atoms with E-state index in [4.69, 9.17) is 11.6 Å². The first-order chi connectivity index (χ1) is 7.97. The smallest absolute Gasteiger partial charge is 0.211 e. The first-order valence-electron chi connectivity index (χ1n) is 5.37. The van der Waals surface area contributed by atoms with Gasteiger partial charge in [0.05, 0.1) is 11.9 Å². The van der Waals surface area contributed by atoms with Crippen LogP contribution in [0.25, 0.3) is 0 Å². The van der Waals surface area contributed by atoms with E-state index in [0.717, 1.165) is 12.1 Å². The Balaban J connectivity index is 2.02. The van der Waals surface area contributed by atoms with E-state index in [1.807, 2.05) is 0 Å². The lowest BCUT2D eigenvalue weighted by atomic mass is 10.0. The molecule has 7 heteroatoms. The molecule has 1 aromatic rings. The highest BCUT2D eigenvalue weighted by atomic mass is 35.5. The predicted octanol–water partition coefficient (Wildman–Crippen LogP) is 0.954. The molecule has 2 rings (SSSR count). The number of sulfonamides is 1. The molecule has 0 bridgehead atoms. The van der Waals surface area contributed by atoms with Crippen molar-refractivity contribution in [1.29, 1.82) is 0 Å². The van der Waals surface area contributed by atoms with E-state index in [9.17, 15) is 8.42 Å². The largest absolute Gasteiger partial charge is 0.256 e. The normalized spacial score (nSPS) is 21.9. The molecule has 0 aliphatic carbocycles. The third kappa shape index (κ3) is 3.14. The summed E-state index contributed by atoms with van der Waals surface area (Å²) >= 11 is 5.92. The van der Waals surface area contributed by atoms with Crippen LogP contribution < -0.4 is 0 Å². The molecule has 0 unspecified atom stereocenters. The van der Waals surface area contributed by atoms with Crippen molar-refractivity contribution in [3.8, 4) is 0 Å². The number of aromatic nitrogens is 2. The summed E-state index contributed by atoms with van der Waals surface area (Å²) in [7, 11) is -3.07. The zero-order chi connectivity index (χ0) is 12.5. The van der Waals surface area contributed by atoms with Crippen molar-refractivity contribution in [2.24, 2.45) is 5.92 Å². The SMILES string of the molecule is CS(=O)(=O)N1CC[C@@H](Cc2nccnc2Cl)C1. The van der Waals surface area contributed by atoms with Crippen LogP contribution >= 0.6 is 11.6 Å². The van der Waals surface area contributed by atoms with Crippen LogP contribution in [-0.2, 0) is 16.4 Å². The summed E-state index contributed by atoms with van der Waals surface area (Å²) in [5.74, 6) is 0.277. The van der Waals surface area contributed by atoms with Crippen LogP contribution in [0.5, 0.6) is 0 Å². The lowest BCUT2D eigenvalue weighted by molar-refractivity contribution is 0.459. The second kappa shape index (κ2) is 4.88. The maximum absolute atomic E-state index is 11.4. The van der Waals surface area contributed by atoms with E-state index < -0.39 is 10.0 Å². The molecule has 1 aliphatic rings. The Morgan fingerprint density at radius 3 is 2.76 bits per heavy atom. The maximum Gasteiger partial charge on any atom is 0.211 e. The molecule has 1 aliphatic heterocycles. The number of halogens is 1. The van der Waals surface area contributed by atoms with Gasteiger partial charge in [-0.05, 0) is 18.8 Å². The standard InChI is InChI=1S/C10H14ClN3O2S/c1-17(15,16)14-5-2-8(7-14)6-9-10(11)13-4-3-12-9/h3-4,8H,2,5-7H2,1H3/t8-/m0/s1. The van der Waals surface area contributed by atoms with Crippen molar-refractivity contribution in [1.82, 2.24) is 14.3 Å². The van der Waals surface area contributed by atoms with Gasteiger partial charge < -0.3 is 0 Å². The molecule has 1 atom stereocenters. The summed E-state index contributed by atoms with van der Waals surface area (Å²) in [6.07, 6.45) is 5.91. The van der Waals surface area contributed by atoms with Gasteiger partial charge in [0.15, 0.2) is 0 Å². The van der Waals surface area contributed by atoms with E-state index in [-0.39, 0.29) is 5.92 Å². The quantitative estimate of drug-likeness (QED) is 0.824. The Morgan fingerprint density at radius 1 is 1.47 bits per heavy atom. The molecule has 5 nitrogen and oxygen atoms in total. The van der Waals surface area contributed by atoms with Crippen molar-refractivity contribution in [2.45, 2.75) is 12.8 Å². The minimum Gasteiger partial charge on any atom is -0.256 e. The summed E-state index contributed by atoms with van der Waals surface area (Å²) in [5.41, 5.74) is 0.745. The summed E-state index contributed by atoms with van der Waals surface area (Å²) in [6, 6.07) is 0. The first-order valence-corrected chi connectivity index (χ1v) is 7.60. The highest BCUT2D eigenvalue weighted by Crippen LogP contribution is 2.23. The molecule has 94 valence electrons. The average Bonchev–Trinajstić information content (AvgIpc) is 2.69. The van der Waals surface area contributed by atoms with Crippen LogP contribution in [0.15, 0.2) is 12.4 Å². The van der Waals surface area contributed by atoms with Gasteiger partial charge in [-0.2, -0.15) is 0 Å². The van der Waals surface area contributed by atoms with Crippen molar-refractivity contribution in [3.63, 3.8) is 0 Å². The van der Waals surface area contributed by atoms with E-state index in [2.05, 4.69) is 9.97 Å². The zero-order valence-corrected chi connectivity index (χ0v) is 11.1. The van der Waals surface area contributed by atoms with Gasteiger partial charge in [-0.25, -0.2) is 17.7 Å². The van der Waals surface area contributed by atoms with E-state index in [0.29, 0.717) is 24.7 Å². The summed E-state index contributed by atoms with van der Waals surface area (Å²) in [6.45, 7) is 1.13. The number of nitrogens with zero attached hydrogens (tertiary/aromatic N) is 3. The summed E-state index contributed by atoms with van der Waals surface area (Å²) in [5, 5.41) is 0.408. The molecule has 0 aromatic carbocycles. The van der Waals surface area contributed by atoms with Crippen molar-refractivity contribution < 1.29 is 8.42 Å². The molecule has 0 amide bonds. The minimum absolute atomic E-state index is 0.277. The van der Waals surface area contributed by atoms with Gasteiger partial charge in [-0.3, -0.25) is 4.98 Å². The van der Waals surface area contributed by atoms with Gasteiger partial charge >= 0.3 is 0 Å². The molecule has 0 saturated carbocycles. The van der Waals surface area contributed by atoms with Crippen LogP contribution in [0, 0.1) is 5.92 Å². The Bertz CT molecular complexity index is 506. The van der Waals surface area contributed by atoms with Crippen molar-refractivity contribution in [3.05, 3.63) is 23.2 Å². The van der Waals surface area contributed by atoms with E-state index in [1.54, 1.807) is 12.4 Å². The second-order valence-electron chi connectivity index (χ2n) is 4.27. The first kappa shape index (κ1) is 12.7. The van der Waals surface area contributed by atoms with E-state index in [1.165, 1.54) is 10.6 Å². The highest BCUT2D eigenvalue weighted by Gasteiger charge is 2.29. The lowest BCUT2D eigenvalue weighted by Crippen LogP contribution is -2.27. The molecule has 1 aromatic heterocycles. The fourth-order valence-electron chi connectivity index (χ4n) is 2.03. The molecule has 0 radical (unpaired) electrons. The highest BCUT2D eigenvalue weighted by molar-refractivity contribution is 7.88. The van der Waals surface area contributed by atoms with Gasteiger partial charge in [0.25, 0.3) is 0 Å². The minimum atomic E-state index is -3.07. The topological polar surface area (TPSA) is 63.2 Å². The van der Waals surface area contributed by atoms with Crippen molar-refractivity contribution >= 4 is 21.6 Å². The average molecular weight is 276 g/mol. The predicted molar refractivity (Wildman–Crippen MR) is 65.3 cm³/mol. The molecular formula is C10H14ClN3O2S. The fraction of sp³-hybridized carbons (Fsp3) is 0.600. The molecule has 17 heavy (non-hydrogen) atoms. The molecule has 0 spiro atoms. The van der Waals surface area contributed by atoms with Gasteiger partial charge in [-0.15, -0.1) is 0 Å². The van der Waals surface area contributed by atoms with E-state index >= 15 is 0 Å². The Labute approximate surface area is 106 Å². The molecule has 0 N–H and O–H groups in total. The third-order valence-electron chi connectivity index (χ3n) is 2.92. The van der Waals surface area contributed by atoms with Crippen LogP contribution in [0.4, 0.5) is 0 Å². The molecule has 2 heterocycles.